The third-order valence-corrected chi connectivity index (χ3v) is 4.25. The fourth-order valence-corrected chi connectivity index (χ4v) is 3.56. The molecule has 0 amide bonds. The minimum atomic E-state index is 0.830. The van der Waals surface area contributed by atoms with E-state index in [1.54, 1.807) is 0 Å². The zero-order valence-electron chi connectivity index (χ0n) is 9.68. The molecule has 2 aliphatic rings. The first-order chi connectivity index (χ1) is 8.86. The first-order valence-electron chi connectivity index (χ1n) is 5.73. The lowest BCUT2D eigenvalue weighted by molar-refractivity contribution is 0.464. The molecular weight excluding hydrogens is 356 g/mol. The lowest BCUT2D eigenvalue weighted by Gasteiger charge is -2.41. The van der Waals surface area contributed by atoms with E-state index in [4.69, 9.17) is 0 Å². The summed E-state index contributed by atoms with van der Waals surface area (Å²) in [4.78, 5) is 0. The minimum absolute atomic E-state index is 0.830. The summed E-state index contributed by atoms with van der Waals surface area (Å²) >= 11 is 7.21. The molecule has 4 heteroatoms. The maximum atomic E-state index is 3.61. The van der Waals surface area contributed by atoms with Gasteiger partial charge >= 0.3 is 0 Å². The number of benzene rings is 1. The Balaban J connectivity index is 2.25. The molecule has 0 aromatic heterocycles. The van der Waals surface area contributed by atoms with Crippen molar-refractivity contribution >= 4 is 43.1 Å². The highest BCUT2D eigenvalue weighted by Crippen LogP contribution is 2.39. The number of halogens is 2. The third-order valence-electron chi connectivity index (χ3n) is 3.16. The lowest BCUT2D eigenvalue weighted by Crippen LogP contribution is -2.39. The Bertz CT molecular complexity index is 561. The average Bonchev–Trinajstić information content (AvgIpc) is 2.45. The molecule has 3 rings (SSSR count). The van der Waals surface area contributed by atoms with Gasteiger partial charge in [-0.2, -0.15) is 0 Å². The van der Waals surface area contributed by atoms with E-state index in [1.165, 1.54) is 22.5 Å². The van der Waals surface area contributed by atoms with Crippen LogP contribution in [0.1, 0.15) is 5.56 Å². The van der Waals surface area contributed by atoms with Gasteiger partial charge in [0.25, 0.3) is 0 Å². The van der Waals surface area contributed by atoms with Crippen LogP contribution in [0, 0.1) is 0 Å². The SMILES string of the molecule is BrCC1=C(CBr)N2C=CC=CN2c2ccccc21. The summed E-state index contributed by atoms with van der Waals surface area (Å²) in [5.74, 6) is 0. The second-order valence-corrected chi connectivity index (χ2v) is 5.20. The van der Waals surface area contributed by atoms with Crippen LogP contribution in [0.4, 0.5) is 5.69 Å². The summed E-state index contributed by atoms with van der Waals surface area (Å²) in [5.41, 5.74) is 5.11. The molecule has 0 N–H and O–H groups in total. The molecule has 0 fully saturated rings. The van der Waals surface area contributed by atoms with Crippen LogP contribution < -0.4 is 5.01 Å². The van der Waals surface area contributed by atoms with Crippen LogP contribution in [-0.2, 0) is 0 Å². The van der Waals surface area contributed by atoms with E-state index >= 15 is 0 Å². The predicted octanol–water partition coefficient (Wildman–Crippen LogP) is 4.27. The van der Waals surface area contributed by atoms with Gasteiger partial charge in [0.1, 0.15) is 0 Å². The molecule has 0 saturated heterocycles. The number of alkyl halides is 2. The van der Waals surface area contributed by atoms with E-state index in [9.17, 15) is 0 Å². The number of allylic oxidation sites excluding steroid dienone is 4. The molecule has 0 spiro atoms. The van der Waals surface area contributed by atoms with E-state index < -0.39 is 0 Å². The topological polar surface area (TPSA) is 6.48 Å². The Hall–Kier alpha value is -1.00. The number of anilines is 1. The summed E-state index contributed by atoms with van der Waals surface area (Å²) in [6, 6.07) is 8.50. The summed E-state index contributed by atoms with van der Waals surface area (Å²) in [6.07, 6.45) is 8.29. The van der Waals surface area contributed by atoms with Crippen molar-refractivity contribution in [3.05, 3.63) is 60.1 Å². The molecule has 92 valence electrons. The zero-order chi connectivity index (χ0) is 12.5. The van der Waals surface area contributed by atoms with Crippen LogP contribution in [-0.4, -0.2) is 15.7 Å². The van der Waals surface area contributed by atoms with Crippen molar-refractivity contribution in [1.82, 2.24) is 5.01 Å². The van der Waals surface area contributed by atoms with Crippen molar-refractivity contribution in [2.45, 2.75) is 0 Å². The van der Waals surface area contributed by atoms with Crippen LogP contribution in [0.25, 0.3) is 5.57 Å². The zero-order valence-corrected chi connectivity index (χ0v) is 12.9. The van der Waals surface area contributed by atoms with Crippen molar-refractivity contribution in [2.24, 2.45) is 0 Å². The normalized spacial score (nSPS) is 17.0. The Morgan fingerprint density at radius 3 is 2.33 bits per heavy atom. The first kappa shape index (κ1) is 12.1. The number of rotatable bonds is 2. The molecule has 0 saturated carbocycles. The second-order valence-electron chi connectivity index (χ2n) is 4.08. The van der Waals surface area contributed by atoms with Crippen molar-refractivity contribution in [3.63, 3.8) is 0 Å². The monoisotopic (exact) mass is 366 g/mol. The van der Waals surface area contributed by atoms with Gasteiger partial charge < -0.3 is 0 Å². The highest BCUT2D eigenvalue weighted by Gasteiger charge is 2.27. The fourth-order valence-electron chi connectivity index (χ4n) is 2.34. The summed E-state index contributed by atoms with van der Waals surface area (Å²) in [7, 11) is 0. The highest BCUT2D eigenvalue weighted by molar-refractivity contribution is 9.09. The third kappa shape index (κ3) is 1.75. The molecule has 1 aromatic rings. The molecule has 0 atom stereocenters. The van der Waals surface area contributed by atoms with Crippen molar-refractivity contribution in [2.75, 3.05) is 15.7 Å². The van der Waals surface area contributed by atoms with Crippen LogP contribution in [0.3, 0.4) is 0 Å². The molecule has 2 nitrogen and oxygen atoms in total. The lowest BCUT2D eigenvalue weighted by atomic mass is 10.0. The van der Waals surface area contributed by atoms with Crippen LogP contribution in [0.15, 0.2) is 54.5 Å². The molecule has 0 radical (unpaired) electrons. The van der Waals surface area contributed by atoms with E-state index in [1.807, 2.05) is 0 Å². The van der Waals surface area contributed by atoms with E-state index in [0.29, 0.717) is 0 Å². The maximum Gasteiger partial charge on any atom is 0.0705 e. The molecule has 0 aliphatic carbocycles. The van der Waals surface area contributed by atoms with Crippen LogP contribution in [0.2, 0.25) is 0 Å². The molecule has 2 aliphatic heterocycles. The van der Waals surface area contributed by atoms with Gasteiger partial charge in [-0.3, -0.25) is 10.0 Å². The largest absolute Gasteiger partial charge is 0.260 e. The molecule has 1 aromatic carbocycles. The number of hydrazine groups is 1. The van der Waals surface area contributed by atoms with Crippen LogP contribution >= 0.6 is 31.9 Å². The molecule has 18 heavy (non-hydrogen) atoms. The van der Waals surface area contributed by atoms with E-state index in [2.05, 4.69) is 90.7 Å². The standard InChI is InChI=1S/C14H12Br2N2/c15-9-12-11-5-1-2-6-13(11)17-7-3-4-8-18(17)14(12)10-16/h1-8H,9-10H2. The van der Waals surface area contributed by atoms with Crippen molar-refractivity contribution in [3.8, 4) is 0 Å². The van der Waals surface area contributed by atoms with E-state index in [0.717, 1.165) is 10.7 Å². The Labute approximate surface area is 123 Å². The van der Waals surface area contributed by atoms with Gasteiger partial charge in [0, 0.05) is 28.6 Å². The second kappa shape index (κ2) is 4.94. The number of hydrogen-bond donors (Lipinski definition) is 0. The van der Waals surface area contributed by atoms with Gasteiger partial charge in [-0.1, -0.05) is 50.1 Å². The Morgan fingerprint density at radius 2 is 1.61 bits per heavy atom. The maximum absolute atomic E-state index is 3.61. The van der Waals surface area contributed by atoms with Gasteiger partial charge in [-0.05, 0) is 23.8 Å². The van der Waals surface area contributed by atoms with Gasteiger partial charge in [-0.15, -0.1) is 0 Å². The highest BCUT2D eigenvalue weighted by atomic mass is 79.9. The Kier molecular flexibility index (Phi) is 3.31. The average molecular weight is 368 g/mol. The smallest absolute Gasteiger partial charge is 0.0705 e. The van der Waals surface area contributed by atoms with Crippen molar-refractivity contribution in [1.29, 1.82) is 0 Å². The number of para-hydroxylation sites is 1. The quantitative estimate of drug-likeness (QED) is 0.720. The van der Waals surface area contributed by atoms with Gasteiger partial charge in [0.2, 0.25) is 0 Å². The molecule has 2 heterocycles. The summed E-state index contributed by atoms with van der Waals surface area (Å²) in [6.45, 7) is 0. The molecule has 0 bridgehead atoms. The summed E-state index contributed by atoms with van der Waals surface area (Å²) < 4.78 is 0. The van der Waals surface area contributed by atoms with Gasteiger partial charge in [-0.25, -0.2) is 0 Å². The molecular formula is C14H12Br2N2. The number of fused-ring (bicyclic) bond motifs is 3. The van der Waals surface area contributed by atoms with E-state index in [-0.39, 0.29) is 0 Å². The van der Waals surface area contributed by atoms with Crippen molar-refractivity contribution < 1.29 is 0 Å². The number of nitrogens with zero attached hydrogens (tertiary/aromatic N) is 2. The van der Waals surface area contributed by atoms with Gasteiger partial charge in [0.05, 0.1) is 11.4 Å². The van der Waals surface area contributed by atoms with Gasteiger partial charge in [0.15, 0.2) is 0 Å². The first-order valence-corrected chi connectivity index (χ1v) is 7.98. The fraction of sp³-hybridized carbons (Fsp3) is 0.143. The predicted molar refractivity (Wildman–Crippen MR) is 83.5 cm³/mol. The Morgan fingerprint density at radius 1 is 0.889 bits per heavy atom. The van der Waals surface area contributed by atoms with Crippen LogP contribution in [0.5, 0.6) is 0 Å². The summed E-state index contributed by atoms with van der Waals surface area (Å²) in [5, 5.41) is 6.05. The molecule has 0 unspecified atom stereocenters. The minimum Gasteiger partial charge on any atom is -0.260 e. The number of hydrogen-bond acceptors (Lipinski definition) is 2.